The lowest BCUT2D eigenvalue weighted by Crippen LogP contribution is -2.07. The first-order chi connectivity index (χ1) is 7.95. The zero-order valence-corrected chi connectivity index (χ0v) is 8.85. The first-order valence-corrected chi connectivity index (χ1v) is 4.59. The number of methoxy groups -OCH3 is 1. The second-order valence-corrected chi connectivity index (χ2v) is 3.20. The van der Waals surface area contributed by atoms with E-state index in [0.717, 1.165) is 19.2 Å². The molecule has 0 aliphatic heterocycles. The van der Waals surface area contributed by atoms with Gasteiger partial charge in [-0.25, -0.2) is 13.6 Å². The first kappa shape index (κ1) is 13.0. The molecule has 0 fully saturated rings. The Balaban J connectivity index is 3.17. The minimum absolute atomic E-state index is 0.0966. The number of nitro benzene ring substituents is 1. The molecule has 0 radical (unpaired) electrons. The molecule has 0 aliphatic rings. The van der Waals surface area contributed by atoms with Gasteiger partial charge in [-0.2, -0.15) is 0 Å². The molecule has 0 saturated carbocycles. The zero-order valence-electron chi connectivity index (χ0n) is 8.85. The van der Waals surface area contributed by atoms with Crippen LogP contribution in [0, 0.1) is 10.1 Å². The summed E-state index contributed by atoms with van der Waals surface area (Å²) < 4.78 is 28.6. The topological polar surface area (TPSA) is 69.4 Å². The highest BCUT2D eigenvalue weighted by atomic mass is 19.3. The Morgan fingerprint density at radius 2 is 2.18 bits per heavy atom. The molecular weight excluding hydrogens is 236 g/mol. The van der Waals surface area contributed by atoms with Crippen LogP contribution in [-0.2, 0) is 11.2 Å². The highest BCUT2D eigenvalue weighted by Gasteiger charge is 2.21. The lowest BCUT2D eigenvalue weighted by Gasteiger charge is -2.04. The molecule has 1 aromatic carbocycles. The predicted octanol–water partition coefficient (Wildman–Crippen LogP) is 2.19. The van der Waals surface area contributed by atoms with E-state index in [-0.39, 0.29) is 11.1 Å². The molecule has 0 spiro atoms. The molecule has 7 heteroatoms. The number of ether oxygens (including phenoxy) is 1. The van der Waals surface area contributed by atoms with Crippen LogP contribution >= 0.6 is 0 Å². The van der Waals surface area contributed by atoms with Crippen molar-refractivity contribution in [3.8, 4) is 0 Å². The SMILES string of the molecule is COC(=O)c1ccc(CC(F)F)cc1[N+](=O)[O-]. The Labute approximate surface area is 95.2 Å². The number of esters is 1. The van der Waals surface area contributed by atoms with Crippen molar-refractivity contribution in [2.75, 3.05) is 7.11 Å². The second-order valence-electron chi connectivity index (χ2n) is 3.20. The van der Waals surface area contributed by atoms with Gasteiger partial charge < -0.3 is 4.74 Å². The Kier molecular flexibility index (Phi) is 4.08. The van der Waals surface area contributed by atoms with Gasteiger partial charge in [-0.1, -0.05) is 6.07 Å². The standard InChI is InChI=1S/C10H9F2NO4/c1-17-10(14)7-3-2-6(5-9(11)12)4-8(7)13(15)16/h2-4,9H,5H2,1H3. The number of rotatable bonds is 4. The third-order valence-electron chi connectivity index (χ3n) is 2.05. The minimum Gasteiger partial charge on any atom is -0.465 e. The quantitative estimate of drug-likeness (QED) is 0.463. The summed E-state index contributed by atoms with van der Waals surface area (Å²) in [6, 6.07) is 3.31. The fraction of sp³-hybridized carbons (Fsp3) is 0.300. The van der Waals surface area contributed by atoms with Crippen LogP contribution in [0.1, 0.15) is 15.9 Å². The summed E-state index contributed by atoms with van der Waals surface area (Å²) >= 11 is 0. The maximum absolute atomic E-state index is 12.1. The molecule has 0 bridgehead atoms. The van der Waals surface area contributed by atoms with Crippen molar-refractivity contribution in [2.24, 2.45) is 0 Å². The number of carbonyl (C=O) groups excluding carboxylic acids is 1. The van der Waals surface area contributed by atoms with Crippen LogP contribution in [0.2, 0.25) is 0 Å². The van der Waals surface area contributed by atoms with E-state index in [1.165, 1.54) is 6.07 Å². The Bertz CT molecular complexity index is 448. The molecule has 0 heterocycles. The summed E-state index contributed by atoms with van der Waals surface area (Å²) in [6.07, 6.45) is -3.19. The molecular formula is C10H9F2NO4. The van der Waals surface area contributed by atoms with Crippen LogP contribution in [0.4, 0.5) is 14.5 Å². The minimum atomic E-state index is -2.60. The molecule has 92 valence electrons. The molecule has 0 N–H and O–H groups in total. The first-order valence-electron chi connectivity index (χ1n) is 4.59. The van der Waals surface area contributed by atoms with E-state index in [1.54, 1.807) is 0 Å². The van der Waals surface area contributed by atoms with Crippen LogP contribution in [0.15, 0.2) is 18.2 Å². The van der Waals surface area contributed by atoms with E-state index < -0.39 is 29.4 Å². The Morgan fingerprint density at radius 1 is 1.53 bits per heavy atom. The van der Waals surface area contributed by atoms with Crippen molar-refractivity contribution in [3.05, 3.63) is 39.4 Å². The van der Waals surface area contributed by atoms with E-state index in [0.29, 0.717) is 0 Å². The van der Waals surface area contributed by atoms with Gasteiger partial charge in [0, 0.05) is 12.5 Å². The number of carbonyl (C=O) groups is 1. The smallest absolute Gasteiger partial charge is 0.344 e. The Hall–Kier alpha value is -2.05. The molecule has 0 amide bonds. The normalized spacial score (nSPS) is 10.4. The summed E-state index contributed by atoms with van der Waals surface area (Å²) in [5, 5.41) is 10.7. The summed E-state index contributed by atoms with van der Waals surface area (Å²) in [5.41, 5.74) is -0.690. The fourth-order valence-electron chi connectivity index (χ4n) is 1.32. The highest BCUT2D eigenvalue weighted by Crippen LogP contribution is 2.22. The molecule has 1 rings (SSSR count). The number of nitro groups is 1. The van der Waals surface area contributed by atoms with Crippen molar-refractivity contribution >= 4 is 11.7 Å². The van der Waals surface area contributed by atoms with Crippen LogP contribution in [0.25, 0.3) is 0 Å². The van der Waals surface area contributed by atoms with Crippen molar-refractivity contribution in [1.29, 1.82) is 0 Å². The largest absolute Gasteiger partial charge is 0.465 e. The molecule has 0 saturated heterocycles. The number of nitrogens with zero attached hydrogens (tertiary/aromatic N) is 1. The Morgan fingerprint density at radius 3 is 2.65 bits per heavy atom. The van der Waals surface area contributed by atoms with Crippen molar-refractivity contribution in [1.82, 2.24) is 0 Å². The van der Waals surface area contributed by atoms with Crippen molar-refractivity contribution < 1.29 is 23.2 Å². The molecule has 0 aliphatic carbocycles. The molecule has 0 aromatic heterocycles. The van der Waals surface area contributed by atoms with E-state index in [1.807, 2.05) is 0 Å². The maximum atomic E-state index is 12.1. The lowest BCUT2D eigenvalue weighted by atomic mass is 10.1. The van der Waals surface area contributed by atoms with Gasteiger partial charge in [0.15, 0.2) is 0 Å². The number of hydrogen-bond acceptors (Lipinski definition) is 4. The molecule has 0 unspecified atom stereocenters. The van der Waals surface area contributed by atoms with Gasteiger partial charge in [0.2, 0.25) is 6.43 Å². The fourth-order valence-corrected chi connectivity index (χ4v) is 1.32. The third-order valence-corrected chi connectivity index (χ3v) is 2.05. The van der Waals surface area contributed by atoms with Gasteiger partial charge in [0.05, 0.1) is 12.0 Å². The molecule has 0 atom stereocenters. The van der Waals surface area contributed by atoms with E-state index in [4.69, 9.17) is 0 Å². The predicted molar refractivity (Wildman–Crippen MR) is 54.1 cm³/mol. The molecule has 5 nitrogen and oxygen atoms in total. The summed E-state index contributed by atoms with van der Waals surface area (Å²) in [6.45, 7) is 0. The average molecular weight is 245 g/mol. The van der Waals surface area contributed by atoms with E-state index >= 15 is 0 Å². The molecule has 1 aromatic rings. The third kappa shape index (κ3) is 3.20. The number of halogens is 2. The number of benzene rings is 1. The maximum Gasteiger partial charge on any atom is 0.344 e. The van der Waals surface area contributed by atoms with Gasteiger partial charge in [0.1, 0.15) is 5.56 Å². The average Bonchev–Trinajstić information content (AvgIpc) is 2.27. The van der Waals surface area contributed by atoms with Gasteiger partial charge in [0.25, 0.3) is 5.69 Å². The molecule has 17 heavy (non-hydrogen) atoms. The van der Waals surface area contributed by atoms with Crippen molar-refractivity contribution in [3.63, 3.8) is 0 Å². The second kappa shape index (κ2) is 5.33. The van der Waals surface area contributed by atoms with E-state index in [9.17, 15) is 23.7 Å². The van der Waals surface area contributed by atoms with Crippen LogP contribution < -0.4 is 0 Å². The van der Waals surface area contributed by atoms with Crippen LogP contribution in [0.3, 0.4) is 0 Å². The summed E-state index contributed by atoms with van der Waals surface area (Å²) in [7, 11) is 1.08. The van der Waals surface area contributed by atoms with Crippen LogP contribution in [-0.4, -0.2) is 24.4 Å². The van der Waals surface area contributed by atoms with E-state index in [2.05, 4.69) is 4.74 Å². The summed E-state index contributed by atoms with van der Waals surface area (Å²) in [4.78, 5) is 21.1. The van der Waals surface area contributed by atoms with Crippen molar-refractivity contribution in [2.45, 2.75) is 12.8 Å². The lowest BCUT2D eigenvalue weighted by molar-refractivity contribution is -0.385. The number of hydrogen-bond donors (Lipinski definition) is 0. The zero-order chi connectivity index (χ0) is 13.0. The number of alkyl halides is 2. The van der Waals surface area contributed by atoms with Gasteiger partial charge >= 0.3 is 5.97 Å². The van der Waals surface area contributed by atoms with Gasteiger partial charge in [-0.05, 0) is 11.6 Å². The van der Waals surface area contributed by atoms with Crippen LogP contribution in [0.5, 0.6) is 0 Å². The monoisotopic (exact) mass is 245 g/mol. The summed E-state index contributed by atoms with van der Waals surface area (Å²) in [5.74, 6) is -0.875. The highest BCUT2D eigenvalue weighted by molar-refractivity contribution is 5.93. The van der Waals surface area contributed by atoms with Gasteiger partial charge in [-0.15, -0.1) is 0 Å². The van der Waals surface area contributed by atoms with Gasteiger partial charge in [-0.3, -0.25) is 10.1 Å².